The molecule has 1 aliphatic carbocycles. The maximum Gasteiger partial charge on any atom is 0.254 e. The third-order valence-corrected chi connectivity index (χ3v) is 7.89. The topological polar surface area (TPSA) is 105 Å². The van der Waals surface area contributed by atoms with Gasteiger partial charge in [-0.1, -0.05) is 44.2 Å². The van der Waals surface area contributed by atoms with Gasteiger partial charge in [0.05, 0.1) is 17.9 Å². The quantitative estimate of drug-likeness (QED) is 0.263. The van der Waals surface area contributed by atoms with E-state index in [-0.39, 0.29) is 12.2 Å². The van der Waals surface area contributed by atoms with Crippen LogP contribution >= 0.6 is 11.8 Å². The van der Waals surface area contributed by atoms with Gasteiger partial charge in [0.25, 0.3) is 5.92 Å². The molecule has 220 valence electrons. The molecule has 7 nitrogen and oxygen atoms in total. The van der Waals surface area contributed by atoms with E-state index < -0.39 is 5.92 Å². The fraction of sp³-hybridized carbons (Fsp3) is 0.621. The van der Waals surface area contributed by atoms with Crippen molar-refractivity contribution >= 4 is 35.9 Å². The average Bonchev–Trinajstić information content (AvgIpc) is 3.38. The van der Waals surface area contributed by atoms with Crippen LogP contribution < -0.4 is 5.73 Å². The Kier molecular flexibility index (Phi) is 17.8. The van der Waals surface area contributed by atoms with Crippen LogP contribution in [0.4, 0.5) is 8.78 Å². The summed E-state index contributed by atoms with van der Waals surface area (Å²) in [5.74, 6) is -1.38. The number of aromatic nitrogens is 1. The first-order valence-electron chi connectivity index (χ1n) is 13.6. The molecule has 1 aromatic heterocycles. The number of alkyl halides is 2. The third-order valence-electron chi connectivity index (χ3n) is 6.45. The van der Waals surface area contributed by atoms with Crippen molar-refractivity contribution in [2.24, 2.45) is 16.6 Å². The van der Waals surface area contributed by atoms with Gasteiger partial charge < -0.3 is 20.1 Å². The second kappa shape index (κ2) is 19.8. The molecule has 0 spiro atoms. The van der Waals surface area contributed by atoms with Gasteiger partial charge in [-0.2, -0.15) is 0 Å². The maximum atomic E-state index is 13.0. The molecule has 0 unspecified atom stereocenters. The molecule has 1 aromatic carbocycles. The molecule has 0 radical (unpaired) electrons. The summed E-state index contributed by atoms with van der Waals surface area (Å²) in [5, 5.41) is 7.00. The fourth-order valence-electron chi connectivity index (χ4n) is 4.64. The molecular formula is C29H46F2N4O3S. The largest absolute Gasteiger partial charge is 0.440 e. The molecule has 2 heterocycles. The van der Waals surface area contributed by atoms with E-state index in [1.54, 1.807) is 0 Å². The molecule has 1 fully saturated rings. The van der Waals surface area contributed by atoms with E-state index in [0.717, 1.165) is 74.0 Å². The molecule has 10 heteroatoms. The summed E-state index contributed by atoms with van der Waals surface area (Å²) in [6.45, 7) is 7.43. The van der Waals surface area contributed by atoms with Crippen LogP contribution in [-0.4, -0.2) is 73.5 Å². The van der Waals surface area contributed by atoms with Crippen LogP contribution in [0.1, 0.15) is 64.2 Å². The number of nitrogens with zero attached hydrogens (tertiary/aromatic N) is 3. The van der Waals surface area contributed by atoms with Gasteiger partial charge in [0.15, 0.2) is 5.58 Å². The highest BCUT2D eigenvalue weighted by Crippen LogP contribution is 2.33. The number of aliphatic hydroxyl groups is 1. The average molecular weight is 569 g/mol. The van der Waals surface area contributed by atoms with Crippen molar-refractivity contribution in [1.29, 1.82) is 0 Å². The Morgan fingerprint density at radius 3 is 2.56 bits per heavy atom. The number of rotatable bonds is 10. The summed E-state index contributed by atoms with van der Waals surface area (Å²) in [7, 11) is 2.50. The predicted octanol–water partition coefficient (Wildman–Crippen LogP) is 6.11. The predicted molar refractivity (Wildman–Crippen MR) is 159 cm³/mol. The number of oxazole rings is 1. The molecule has 0 amide bonds. The summed E-state index contributed by atoms with van der Waals surface area (Å²) >= 11 is 1.25. The number of aliphatic hydroxyl groups excluding tert-OH is 1. The van der Waals surface area contributed by atoms with Crippen LogP contribution in [0, 0.1) is 5.92 Å². The number of halogens is 2. The maximum absolute atomic E-state index is 13.0. The Bertz CT molecular complexity index is 955. The summed E-state index contributed by atoms with van der Waals surface area (Å²) in [4.78, 5) is 21.8. The Morgan fingerprint density at radius 2 is 1.95 bits per heavy atom. The number of nitrogens with two attached hydrogens (primary N) is 1. The number of fused-ring (bicyclic) bond motifs is 1. The SMILES string of the molecule is C=NC1=C(SCC(C)(F)F)CCN(CCCC2CCCCC2)C1.CN.CO.O=CCc1nc2ccccc2o1. The number of hydrogen-bond acceptors (Lipinski definition) is 8. The normalized spacial score (nSPS) is 16.3. The Balaban J connectivity index is 0.000000397. The van der Waals surface area contributed by atoms with E-state index in [1.165, 1.54) is 63.8 Å². The molecule has 39 heavy (non-hydrogen) atoms. The first-order valence-corrected chi connectivity index (χ1v) is 14.6. The van der Waals surface area contributed by atoms with Crippen molar-refractivity contribution in [2.45, 2.75) is 70.6 Å². The smallest absolute Gasteiger partial charge is 0.254 e. The Hall–Kier alpha value is -2.14. The minimum Gasteiger partial charge on any atom is -0.440 e. The Labute approximate surface area is 236 Å². The monoisotopic (exact) mass is 568 g/mol. The van der Waals surface area contributed by atoms with Crippen molar-refractivity contribution in [3.05, 3.63) is 40.8 Å². The van der Waals surface area contributed by atoms with E-state index >= 15 is 0 Å². The minimum absolute atomic E-state index is 0.164. The van der Waals surface area contributed by atoms with Crippen LogP contribution in [0.25, 0.3) is 11.1 Å². The minimum atomic E-state index is -2.62. The first-order chi connectivity index (χ1) is 18.9. The van der Waals surface area contributed by atoms with Gasteiger partial charge in [-0.15, -0.1) is 11.8 Å². The molecular weight excluding hydrogens is 522 g/mol. The Morgan fingerprint density at radius 1 is 1.26 bits per heavy atom. The van der Waals surface area contributed by atoms with E-state index in [2.05, 4.69) is 27.3 Å². The summed E-state index contributed by atoms with van der Waals surface area (Å²) < 4.78 is 31.3. The molecule has 0 atom stereocenters. The zero-order chi connectivity index (χ0) is 29.1. The number of hydrogen-bond donors (Lipinski definition) is 2. The van der Waals surface area contributed by atoms with Gasteiger partial charge in [0.2, 0.25) is 5.89 Å². The van der Waals surface area contributed by atoms with E-state index in [9.17, 15) is 13.6 Å². The lowest BCUT2D eigenvalue weighted by molar-refractivity contribution is -0.107. The molecule has 2 aromatic rings. The molecule has 2 aliphatic rings. The highest BCUT2D eigenvalue weighted by atomic mass is 32.2. The summed E-state index contributed by atoms with van der Waals surface area (Å²) in [5.41, 5.74) is 6.94. The number of carbonyl (C=O) groups excluding carboxylic acids is 1. The van der Waals surface area contributed by atoms with Crippen molar-refractivity contribution in [3.8, 4) is 0 Å². The number of para-hydroxylation sites is 2. The van der Waals surface area contributed by atoms with Gasteiger partial charge in [0.1, 0.15) is 11.8 Å². The number of aldehydes is 1. The highest BCUT2D eigenvalue weighted by Gasteiger charge is 2.25. The van der Waals surface area contributed by atoms with Crippen LogP contribution in [0.3, 0.4) is 0 Å². The van der Waals surface area contributed by atoms with Crippen LogP contribution in [0.5, 0.6) is 0 Å². The standard InChI is InChI=1S/C18H30F2N2S.C9H7NO2.CH5N.CH4O/c1-18(19,20)14-23-17-10-12-22(13-16(17)21-2)11-6-9-15-7-4-3-5-8-15;11-6-5-9-10-7-3-1-2-4-8(7)12-9;2*1-2/h15H,2-14H2,1H3;1-4,6H,5H2;2H2,1H3;2H,1H3. The van der Waals surface area contributed by atoms with Gasteiger partial charge >= 0.3 is 0 Å². The van der Waals surface area contributed by atoms with E-state index in [4.69, 9.17) is 9.52 Å². The second-order valence-electron chi connectivity index (χ2n) is 9.51. The van der Waals surface area contributed by atoms with Crippen LogP contribution in [0.15, 0.2) is 44.3 Å². The van der Waals surface area contributed by atoms with Crippen molar-refractivity contribution in [2.75, 3.05) is 39.5 Å². The lowest BCUT2D eigenvalue weighted by Gasteiger charge is -2.30. The second-order valence-corrected chi connectivity index (χ2v) is 10.6. The zero-order valence-electron chi connectivity index (χ0n) is 23.7. The zero-order valence-corrected chi connectivity index (χ0v) is 24.5. The first kappa shape index (κ1) is 34.9. The molecule has 4 rings (SSSR count). The molecule has 0 bridgehead atoms. The third kappa shape index (κ3) is 13.7. The van der Waals surface area contributed by atoms with Gasteiger partial charge in [-0.05, 0) is 57.6 Å². The molecule has 1 aliphatic heterocycles. The highest BCUT2D eigenvalue weighted by molar-refractivity contribution is 8.03. The van der Waals surface area contributed by atoms with Gasteiger partial charge in [-0.25, -0.2) is 13.8 Å². The van der Waals surface area contributed by atoms with Gasteiger partial charge in [-0.3, -0.25) is 9.89 Å². The number of carbonyl (C=O) groups is 1. The van der Waals surface area contributed by atoms with E-state index in [0.29, 0.717) is 5.89 Å². The fourth-order valence-corrected chi connectivity index (χ4v) is 5.60. The number of thioether (sulfide) groups is 1. The van der Waals surface area contributed by atoms with Crippen molar-refractivity contribution in [1.82, 2.24) is 9.88 Å². The van der Waals surface area contributed by atoms with Crippen LogP contribution in [0.2, 0.25) is 0 Å². The molecule has 0 saturated heterocycles. The lowest BCUT2D eigenvalue weighted by atomic mass is 9.86. The van der Waals surface area contributed by atoms with Gasteiger partial charge in [0, 0.05) is 32.0 Å². The number of aliphatic imine (C=N–C) groups is 1. The number of benzene rings is 1. The molecule has 3 N–H and O–H groups in total. The van der Waals surface area contributed by atoms with Crippen molar-refractivity contribution in [3.63, 3.8) is 0 Å². The van der Waals surface area contributed by atoms with Crippen molar-refractivity contribution < 1.29 is 23.1 Å². The summed E-state index contributed by atoms with van der Waals surface area (Å²) in [6.07, 6.45) is 11.5. The lowest BCUT2D eigenvalue weighted by Crippen LogP contribution is -2.32. The van der Waals surface area contributed by atoms with Crippen LogP contribution in [-0.2, 0) is 11.2 Å². The van der Waals surface area contributed by atoms with E-state index in [1.807, 2.05) is 24.3 Å². The summed E-state index contributed by atoms with van der Waals surface area (Å²) in [6, 6.07) is 7.44. The molecule has 1 saturated carbocycles.